The van der Waals surface area contributed by atoms with Crippen LogP contribution in [0.25, 0.3) is 0 Å². The van der Waals surface area contributed by atoms with Crippen LogP contribution in [-0.2, 0) is 9.59 Å². The Labute approximate surface area is 196 Å². The first-order chi connectivity index (χ1) is 15.7. The van der Waals surface area contributed by atoms with E-state index in [9.17, 15) is 14.4 Å². The number of hydrogen-bond donors (Lipinski definition) is 3. The monoisotopic (exact) mass is 475 g/mol. The molecule has 176 valence electrons. The van der Waals surface area contributed by atoms with Crippen molar-refractivity contribution in [3.63, 3.8) is 0 Å². The standard InChI is InChI=1S/C23H26ClN3O6/c1-4-32-19-11-15(5-10-18(19)33-13-20(28)29)12-25-27-23(31)21(14(2)3)26-22(30)16-6-8-17(24)9-7-16/h5-12,14,21H,4,13H2,1-3H3,(H,26,30)(H,27,31)(H,28,29). The molecule has 0 fully saturated rings. The fourth-order valence-electron chi connectivity index (χ4n) is 2.73. The summed E-state index contributed by atoms with van der Waals surface area (Å²) in [6.07, 6.45) is 1.40. The molecule has 0 aromatic heterocycles. The summed E-state index contributed by atoms with van der Waals surface area (Å²) in [4.78, 5) is 35.8. The van der Waals surface area contributed by atoms with Crippen LogP contribution < -0.4 is 20.2 Å². The SMILES string of the molecule is CCOc1cc(C=NNC(=O)C(NC(=O)c2ccc(Cl)cc2)C(C)C)ccc1OCC(=O)O. The molecule has 0 aliphatic heterocycles. The van der Waals surface area contributed by atoms with Crippen molar-refractivity contribution in [3.05, 3.63) is 58.6 Å². The maximum Gasteiger partial charge on any atom is 0.341 e. The molecule has 0 spiro atoms. The van der Waals surface area contributed by atoms with Crippen molar-refractivity contribution >= 4 is 35.6 Å². The van der Waals surface area contributed by atoms with Crippen molar-refractivity contribution in [3.8, 4) is 11.5 Å². The maximum atomic E-state index is 12.6. The second-order valence-corrected chi connectivity index (χ2v) is 7.69. The van der Waals surface area contributed by atoms with Gasteiger partial charge in [0.15, 0.2) is 18.1 Å². The van der Waals surface area contributed by atoms with Gasteiger partial charge in [0, 0.05) is 10.6 Å². The Balaban J connectivity index is 2.04. The minimum atomic E-state index is -1.10. The van der Waals surface area contributed by atoms with E-state index in [0.717, 1.165) is 0 Å². The molecule has 3 N–H and O–H groups in total. The average Bonchev–Trinajstić information content (AvgIpc) is 2.77. The first-order valence-electron chi connectivity index (χ1n) is 10.2. The Kier molecular flexibility index (Phi) is 9.68. The van der Waals surface area contributed by atoms with E-state index < -0.39 is 30.4 Å². The van der Waals surface area contributed by atoms with E-state index in [2.05, 4.69) is 15.8 Å². The van der Waals surface area contributed by atoms with Crippen LogP contribution in [0, 0.1) is 5.92 Å². The fraction of sp³-hybridized carbons (Fsp3) is 0.304. The molecular formula is C23H26ClN3O6. The molecule has 1 unspecified atom stereocenters. The number of ether oxygens (including phenoxy) is 2. The summed E-state index contributed by atoms with van der Waals surface area (Å²) >= 11 is 5.84. The third-order valence-electron chi connectivity index (χ3n) is 4.35. The summed E-state index contributed by atoms with van der Waals surface area (Å²) in [7, 11) is 0. The van der Waals surface area contributed by atoms with Crippen molar-refractivity contribution in [2.24, 2.45) is 11.0 Å². The predicted octanol–water partition coefficient (Wildman–Crippen LogP) is 3.11. The van der Waals surface area contributed by atoms with Gasteiger partial charge in [0.25, 0.3) is 11.8 Å². The number of hydrazone groups is 1. The molecular weight excluding hydrogens is 450 g/mol. The number of carbonyl (C=O) groups excluding carboxylic acids is 2. The molecule has 0 bridgehead atoms. The number of amides is 2. The van der Waals surface area contributed by atoms with E-state index in [-0.39, 0.29) is 11.7 Å². The zero-order valence-corrected chi connectivity index (χ0v) is 19.3. The second kappa shape index (κ2) is 12.4. The number of nitrogens with zero attached hydrogens (tertiary/aromatic N) is 1. The van der Waals surface area contributed by atoms with Crippen LogP contribution in [0.3, 0.4) is 0 Å². The lowest BCUT2D eigenvalue weighted by molar-refractivity contribution is -0.139. The molecule has 0 saturated carbocycles. The van der Waals surface area contributed by atoms with E-state index in [4.69, 9.17) is 26.2 Å². The number of carboxylic acid groups (broad SMARTS) is 1. The van der Waals surface area contributed by atoms with Gasteiger partial charge in [0.05, 0.1) is 12.8 Å². The van der Waals surface area contributed by atoms with Crippen molar-refractivity contribution in [2.75, 3.05) is 13.2 Å². The highest BCUT2D eigenvalue weighted by Crippen LogP contribution is 2.28. The highest BCUT2D eigenvalue weighted by molar-refractivity contribution is 6.30. The second-order valence-electron chi connectivity index (χ2n) is 7.26. The highest BCUT2D eigenvalue weighted by atomic mass is 35.5. The molecule has 2 amide bonds. The molecule has 33 heavy (non-hydrogen) atoms. The number of carboxylic acids is 1. The predicted molar refractivity (Wildman–Crippen MR) is 124 cm³/mol. The van der Waals surface area contributed by atoms with Crippen molar-refractivity contribution in [1.82, 2.24) is 10.7 Å². The molecule has 2 rings (SSSR count). The summed E-state index contributed by atoms with van der Waals surface area (Å²) in [6.45, 7) is 5.25. The lowest BCUT2D eigenvalue weighted by atomic mass is 10.0. The van der Waals surface area contributed by atoms with Gasteiger partial charge in [-0.05, 0) is 60.9 Å². The number of benzene rings is 2. The smallest absolute Gasteiger partial charge is 0.341 e. The van der Waals surface area contributed by atoms with Crippen molar-refractivity contribution in [1.29, 1.82) is 0 Å². The Morgan fingerprint density at radius 1 is 1.09 bits per heavy atom. The zero-order valence-electron chi connectivity index (χ0n) is 18.5. The Bertz CT molecular complexity index is 1010. The lowest BCUT2D eigenvalue weighted by Crippen LogP contribution is -2.48. The summed E-state index contributed by atoms with van der Waals surface area (Å²) in [5.41, 5.74) is 3.40. The molecule has 10 heteroatoms. The van der Waals surface area contributed by atoms with Gasteiger partial charge in [-0.15, -0.1) is 0 Å². The molecule has 9 nitrogen and oxygen atoms in total. The van der Waals surface area contributed by atoms with Gasteiger partial charge in [-0.1, -0.05) is 25.4 Å². The zero-order chi connectivity index (χ0) is 24.4. The first kappa shape index (κ1) is 25.7. The number of hydrogen-bond acceptors (Lipinski definition) is 6. The molecule has 0 aliphatic carbocycles. The van der Waals surface area contributed by atoms with E-state index in [1.807, 2.05) is 0 Å². The van der Waals surface area contributed by atoms with Crippen molar-refractivity contribution < 1.29 is 29.0 Å². The normalized spacial score (nSPS) is 11.8. The van der Waals surface area contributed by atoms with Gasteiger partial charge >= 0.3 is 5.97 Å². The van der Waals surface area contributed by atoms with E-state index in [1.165, 1.54) is 6.21 Å². The van der Waals surface area contributed by atoms with E-state index in [0.29, 0.717) is 28.5 Å². The van der Waals surface area contributed by atoms with Crippen molar-refractivity contribution in [2.45, 2.75) is 26.8 Å². The molecule has 0 aliphatic rings. The van der Waals surface area contributed by atoms with Crippen LogP contribution in [0.15, 0.2) is 47.6 Å². The van der Waals surface area contributed by atoms with Crippen LogP contribution >= 0.6 is 11.6 Å². The maximum absolute atomic E-state index is 12.6. The highest BCUT2D eigenvalue weighted by Gasteiger charge is 2.24. The van der Waals surface area contributed by atoms with Gasteiger partial charge in [-0.25, -0.2) is 10.2 Å². The summed E-state index contributed by atoms with van der Waals surface area (Å²) in [5.74, 6) is -1.53. The minimum Gasteiger partial charge on any atom is -0.490 e. The van der Waals surface area contributed by atoms with Crippen LogP contribution in [0.1, 0.15) is 36.7 Å². The minimum absolute atomic E-state index is 0.188. The number of carbonyl (C=O) groups is 3. The Hall–Kier alpha value is -3.59. The third-order valence-corrected chi connectivity index (χ3v) is 4.60. The molecule has 0 saturated heterocycles. The van der Waals surface area contributed by atoms with Crippen LogP contribution in [0.2, 0.25) is 5.02 Å². The molecule has 1 atom stereocenters. The fourth-order valence-corrected chi connectivity index (χ4v) is 2.86. The topological polar surface area (TPSA) is 126 Å². The number of nitrogens with one attached hydrogen (secondary N) is 2. The average molecular weight is 476 g/mol. The van der Waals surface area contributed by atoms with Gasteiger partial charge < -0.3 is 19.9 Å². The number of aliphatic carboxylic acids is 1. The number of rotatable bonds is 11. The van der Waals surface area contributed by atoms with Crippen LogP contribution in [0.5, 0.6) is 11.5 Å². The van der Waals surface area contributed by atoms with Gasteiger partial charge in [0.2, 0.25) is 0 Å². The molecule has 2 aromatic rings. The third kappa shape index (κ3) is 8.12. The Morgan fingerprint density at radius 3 is 2.39 bits per heavy atom. The summed E-state index contributed by atoms with van der Waals surface area (Å²) in [5, 5.41) is 15.9. The summed E-state index contributed by atoms with van der Waals surface area (Å²) in [6, 6.07) is 10.3. The molecule has 2 aromatic carbocycles. The van der Waals surface area contributed by atoms with Gasteiger partial charge in [0.1, 0.15) is 6.04 Å². The van der Waals surface area contributed by atoms with Gasteiger partial charge in [-0.2, -0.15) is 5.10 Å². The quantitative estimate of drug-likeness (QED) is 0.338. The Morgan fingerprint density at radius 2 is 1.79 bits per heavy atom. The first-order valence-corrected chi connectivity index (χ1v) is 10.6. The van der Waals surface area contributed by atoms with E-state index >= 15 is 0 Å². The van der Waals surface area contributed by atoms with Crippen LogP contribution in [-0.4, -0.2) is 48.4 Å². The van der Waals surface area contributed by atoms with Gasteiger partial charge in [-0.3, -0.25) is 9.59 Å². The summed E-state index contributed by atoms with van der Waals surface area (Å²) < 4.78 is 10.7. The molecule has 0 radical (unpaired) electrons. The lowest BCUT2D eigenvalue weighted by Gasteiger charge is -2.20. The molecule has 0 heterocycles. The number of halogens is 1. The van der Waals surface area contributed by atoms with E-state index in [1.54, 1.807) is 63.2 Å². The largest absolute Gasteiger partial charge is 0.490 e. The van der Waals surface area contributed by atoms with Crippen LogP contribution in [0.4, 0.5) is 0 Å².